The van der Waals surface area contributed by atoms with Crippen LogP contribution in [-0.2, 0) is 0 Å². The van der Waals surface area contributed by atoms with Gasteiger partial charge in [0.15, 0.2) is 0 Å². The molecule has 0 bridgehead atoms. The molecule has 5 heteroatoms. The van der Waals surface area contributed by atoms with Crippen LogP contribution >= 0.6 is 11.6 Å². The fourth-order valence-corrected chi connectivity index (χ4v) is 1.99. The smallest absolute Gasteiger partial charge is 0.126 e. The number of nitrogens with one attached hydrogen (secondary N) is 1. The predicted octanol–water partition coefficient (Wildman–Crippen LogP) is 3.50. The minimum absolute atomic E-state index is 0.214. The van der Waals surface area contributed by atoms with Crippen molar-refractivity contribution in [2.75, 3.05) is 11.9 Å². The zero-order chi connectivity index (χ0) is 14.5. The molecule has 0 fully saturated rings. The molecule has 0 saturated heterocycles. The van der Waals surface area contributed by atoms with Crippen LogP contribution in [0.4, 0.5) is 10.1 Å². The van der Waals surface area contributed by atoms with Crippen LogP contribution in [0, 0.1) is 17.1 Å². The topological polar surface area (TPSA) is 56.0 Å². The summed E-state index contributed by atoms with van der Waals surface area (Å²) in [6, 6.07) is 12.7. The van der Waals surface area contributed by atoms with Crippen molar-refractivity contribution in [1.82, 2.24) is 0 Å². The Morgan fingerprint density at radius 1 is 1.25 bits per heavy atom. The van der Waals surface area contributed by atoms with Crippen molar-refractivity contribution in [1.29, 1.82) is 5.26 Å². The lowest BCUT2D eigenvalue weighted by molar-refractivity contribution is 0.191. The molecular formula is C15H12ClFN2O. The van der Waals surface area contributed by atoms with E-state index in [1.54, 1.807) is 30.3 Å². The number of hydrogen-bond acceptors (Lipinski definition) is 3. The third kappa shape index (κ3) is 3.70. The third-order valence-electron chi connectivity index (χ3n) is 2.79. The van der Waals surface area contributed by atoms with Gasteiger partial charge in [0.2, 0.25) is 0 Å². The molecule has 2 aromatic rings. The number of rotatable bonds is 4. The normalized spacial score (nSPS) is 11.7. The van der Waals surface area contributed by atoms with Crippen molar-refractivity contribution in [2.24, 2.45) is 0 Å². The van der Waals surface area contributed by atoms with Gasteiger partial charge in [-0.1, -0.05) is 23.7 Å². The summed E-state index contributed by atoms with van der Waals surface area (Å²) >= 11 is 5.74. The van der Waals surface area contributed by atoms with Gasteiger partial charge in [0, 0.05) is 17.3 Å². The van der Waals surface area contributed by atoms with E-state index in [0.29, 0.717) is 21.8 Å². The Bertz CT molecular complexity index is 617. The molecule has 0 aliphatic heterocycles. The fraction of sp³-hybridized carbons (Fsp3) is 0.133. The Morgan fingerprint density at radius 2 is 1.95 bits per heavy atom. The number of nitrogens with zero attached hydrogens (tertiary/aromatic N) is 1. The third-order valence-corrected chi connectivity index (χ3v) is 3.00. The summed E-state index contributed by atoms with van der Waals surface area (Å²) in [6.07, 6.45) is -0.759. The second kappa shape index (κ2) is 6.38. The van der Waals surface area contributed by atoms with E-state index in [1.165, 1.54) is 12.1 Å². The molecule has 2 aromatic carbocycles. The first-order valence-corrected chi connectivity index (χ1v) is 6.34. The molecule has 1 unspecified atom stereocenters. The van der Waals surface area contributed by atoms with Gasteiger partial charge < -0.3 is 10.4 Å². The molecule has 20 heavy (non-hydrogen) atoms. The van der Waals surface area contributed by atoms with Crippen LogP contribution in [-0.4, -0.2) is 11.7 Å². The molecule has 0 radical (unpaired) electrons. The summed E-state index contributed by atoms with van der Waals surface area (Å²) < 4.78 is 13.1. The summed E-state index contributed by atoms with van der Waals surface area (Å²) in [6.45, 7) is 0.214. The van der Waals surface area contributed by atoms with E-state index in [0.717, 1.165) is 0 Å². The Balaban J connectivity index is 2.00. The summed E-state index contributed by atoms with van der Waals surface area (Å²) in [5.41, 5.74) is 1.72. The summed E-state index contributed by atoms with van der Waals surface area (Å²) in [7, 11) is 0. The van der Waals surface area contributed by atoms with E-state index in [-0.39, 0.29) is 6.54 Å². The molecule has 0 spiro atoms. The predicted molar refractivity (Wildman–Crippen MR) is 76.0 cm³/mol. The van der Waals surface area contributed by atoms with Crippen LogP contribution in [0.3, 0.4) is 0 Å². The molecule has 102 valence electrons. The number of hydrogen-bond donors (Lipinski definition) is 2. The van der Waals surface area contributed by atoms with Crippen LogP contribution in [0.25, 0.3) is 0 Å². The highest BCUT2D eigenvalue weighted by molar-refractivity contribution is 6.30. The fourth-order valence-electron chi connectivity index (χ4n) is 1.77. The Morgan fingerprint density at radius 3 is 2.55 bits per heavy atom. The number of benzene rings is 2. The van der Waals surface area contributed by atoms with E-state index in [4.69, 9.17) is 16.9 Å². The van der Waals surface area contributed by atoms with Gasteiger partial charge in [0.25, 0.3) is 0 Å². The monoisotopic (exact) mass is 290 g/mol. The quantitative estimate of drug-likeness (QED) is 0.906. The number of halogens is 2. The van der Waals surface area contributed by atoms with Gasteiger partial charge in [-0.05, 0) is 35.9 Å². The molecule has 0 aromatic heterocycles. The van der Waals surface area contributed by atoms with Crippen molar-refractivity contribution >= 4 is 17.3 Å². The lowest BCUT2D eigenvalue weighted by atomic mass is 10.1. The lowest BCUT2D eigenvalue weighted by Crippen LogP contribution is -2.12. The lowest BCUT2D eigenvalue weighted by Gasteiger charge is -2.13. The molecular weight excluding hydrogens is 279 g/mol. The van der Waals surface area contributed by atoms with Crippen molar-refractivity contribution < 1.29 is 9.50 Å². The summed E-state index contributed by atoms with van der Waals surface area (Å²) in [5.74, 6) is -0.437. The standard InChI is InChI=1S/C15H12ClFN2O/c16-12-5-13(17)7-14(6-12)19-9-15(20)11-3-1-10(8-18)2-4-11/h1-7,15,19-20H,9H2. The first kappa shape index (κ1) is 14.3. The van der Waals surface area contributed by atoms with Gasteiger partial charge in [-0.3, -0.25) is 0 Å². The number of aliphatic hydroxyl groups is 1. The second-order valence-electron chi connectivity index (χ2n) is 4.29. The molecule has 0 aliphatic carbocycles. The highest BCUT2D eigenvalue weighted by atomic mass is 35.5. The van der Waals surface area contributed by atoms with Crippen LogP contribution in [0.2, 0.25) is 5.02 Å². The molecule has 0 aliphatic rings. The van der Waals surface area contributed by atoms with Gasteiger partial charge in [0.05, 0.1) is 17.7 Å². The maximum absolute atomic E-state index is 13.1. The van der Waals surface area contributed by atoms with Crippen LogP contribution in [0.1, 0.15) is 17.2 Å². The van der Waals surface area contributed by atoms with Crippen LogP contribution < -0.4 is 5.32 Å². The van der Waals surface area contributed by atoms with Crippen molar-refractivity contribution in [3.8, 4) is 6.07 Å². The SMILES string of the molecule is N#Cc1ccc(C(O)CNc2cc(F)cc(Cl)c2)cc1. The molecule has 0 heterocycles. The molecule has 1 atom stereocenters. The van der Waals surface area contributed by atoms with E-state index >= 15 is 0 Å². The molecule has 0 amide bonds. The molecule has 2 N–H and O–H groups in total. The largest absolute Gasteiger partial charge is 0.387 e. The van der Waals surface area contributed by atoms with Crippen molar-refractivity contribution in [3.63, 3.8) is 0 Å². The molecule has 0 saturated carbocycles. The molecule has 2 rings (SSSR count). The zero-order valence-electron chi connectivity index (χ0n) is 10.5. The van der Waals surface area contributed by atoms with E-state index in [2.05, 4.69) is 5.32 Å². The van der Waals surface area contributed by atoms with Crippen molar-refractivity contribution in [2.45, 2.75) is 6.10 Å². The minimum atomic E-state index is -0.759. The average Bonchev–Trinajstić information content (AvgIpc) is 2.44. The van der Waals surface area contributed by atoms with Gasteiger partial charge in [-0.2, -0.15) is 5.26 Å². The van der Waals surface area contributed by atoms with Crippen LogP contribution in [0.15, 0.2) is 42.5 Å². The highest BCUT2D eigenvalue weighted by Gasteiger charge is 2.08. The van der Waals surface area contributed by atoms with Crippen molar-refractivity contribution in [3.05, 3.63) is 64.4 Å². The van der Waals surface area contributed by atoms with Gasteiger partial charge in [-0.15, -0.1) is 0 Å². The van der Waals surface area contributed by atoms with Gasteiger partial charge in [0.1, 0.15) is 5.82 Å². The zero-order valence-corrected chi connectivity index (χ0v) is 11.2. The second-order valence-corrected chi connectivity index (χ2v) is 4.73. The van der Waals surface area contributed by atoms with Gasteiger partial charge in [-0.25, -0.2) is 4.39 Å². The van der Waals surface area contributed by atoms with E-state index in [9.17, 15) is 9.50 Å². The summed E-state index contributed by atoms with van der Waals surface area (Å²) in [4.78, 5) is 0. The highest BCUT2D eigenvalue weighted by Crippen LogP contribution is 2.20. The number of anilines is 1. The van der Waals surface area contributed by atoms with Gasteiger partial charge >= 0.3 is 0 Å². The minimum Gasteiger partial charge on any atom is -0.387 e. The van der Waals surface area contributed by atoms with E-state index < -0.39 is 11.9 Å². The Kier molecular flexibility index (Phi) is 4.57. The Hall–Kier alpha value is -2.09. The maximum Gasteiger partial charge on any atom is 0.126 e. The maximum atomic E-state index is 13.1. The number of aliphatic hydroxyl groups excluding tert-OH is 1. The Labute approximate surface area is 121 Å². The first-order valence-electron chi connectivity index (χ1n) is 5.96. The average molecular weight is 291 g/mol. The molecule has 3 nitrogen and oxygen atoms in total. The summed E-state index contributed by atoms with van der Waals surface area (Å²) in [5, 5.41) is 21.9. The number of nitriles is 1. The first-order chi connectivity index (χ1) is 9.58. The van der Waals surface area contributed by atoms with E-state index in [1.807, 2.05) is 6.07 Å². The van der Waals surface area contributed by atoms with Crippen LogP contribution in [0.5, 0.6) is 0 Å².